The van der Waals surface area contributed by atoms with Crippen LogP contribution in [0.15, 0.2) is 59.5 Å². The molecular formula is C16H17NO3S. The van der Waals surface area contributed by atoms with Crippen LogP contribution in [0, 0.1) is 5.92 Å². The average molecular weight is 303 g/mol. The molecule has 110 valence electrons. The first-order valence-electron chi connectivity index (χ1n) is 6.62. The molecule has 21 heavy (non-hydrogen) atoms. The minimum absolute atomic E-state index is 0.0771. The fourth-order valence-electron chi connectivity index (χ4n) is 1.87. The topological polar surface area (TPSA) is 63.2 Å². The zero-order valence-electron chi connectivity index (χ0n) is 11.9. The quantitative estimate of drug-likeness (QED) is 0.862. The molecule has 0 aliphatic heterocycles. The molecule has 0 aliphatic rings. The minimum atomic E-state index is -3.70. The van der Waals surface area contributed by atoms with E-state index in [4.69, 9.17) is 0 Å². The highest BCUT2D eigenvalue weighted by atomic mass is 32.2. The highest BCUT2D eigenvalue weighted by Crippen LogP contribution is 2.18. The van der Waals surface area contributed by atoms with E-state index in [-0.39, 0.29) is 16.6 Å². The van der Waals surface area contributed by atoms with Crippen molar-refractivity contribution in [2.45, 2.75) is 18.7 Å². The van der Waals surface area contributed by atoms with Gasteiger partial charge in [-0.1, -0.05) is 44.2 Å². The Labute approximate surface area is 124 Å². The third-order valence-electron chi connectivity index (χ3n) is 2.98. The van der Waals surface area contributed by atoms with Gasteiger partial charge in [-0.2, -0.15) is 0 Å². The molecule has 0 bridgehead atoms. The van der Waals surface area contributed by atoms with Gasteiger partial charge in [0.1, 0.15) is 0 Å². The summed E-state index contributed by atoms with van der Waals surface area (Å²) in [5.74, 6) is -0.253. The third-order valence-corrected chi connectivity index (χ3v) is 4.36. The zero-order chi connectivity index (χ0) is 15.5. The van der Waals surface area contributed by atoms with Gasteiger partial charge in [0, 0.05) is 17.2 Å². The van der Waals surface area contributed by atoms with Gasteiger partial charge >= 0.3 is 0 Å². The molecule has 0 unspecified atom stereocenters. The second kappa shape index (κ2) is 6.10. The molecule has 0 fully saturated rings. The van der Waals surface area contributed by atoms with Gasteiger partial charge in [-0.05, 0) is 24.3 Å². The first kappa shape index (κ1) is 15.3. The van der Waals surface area contributed by atoms with Crippen LogP contribution in [0.1, 0.15) is 24.2 Å². The van der Waals surface area contributed by atoms with E-state index in [1.807, 2.05) is 0 Å². The first-order valence-corrected chi connectivity index (χ1v) is 8.10. The standard InChI is InChI=1S/C16H17NO3S/c1-12(2)16(18)13-7-6-10-15(11-13)21(19,20)17-14-8-4-3-5-9-14/h3-12,17H,1-2H3. The van der Waals surface area contributed by atoms with Gasteiger partial charge in [0.25, 0.3) is 10.0 Å². The van der Waals surface area contributed by atoms with E-state index in [1.165, 1.54) is 12.1 Å². The van der Waals surface area contributed by atoms with E-state index in [9.17, 15) is 13.2 Å². The van der Waals surface area contributed by atoms with Gasteiger partial charge in [-0.3, -0.25) is 9.52 Å². The maximum absolute atomic E-state index is 12.3. The molecule has 1 N–H and O–H groups in total. The first-order chi connectivity index (χ1) is 9.90. The summed E-state index contributed by atoms with van der Waals surface area (Å²) in [6.07, 6.45) is 0. The van der Waals surface area contributed by atoms with E-state index in [0.29, 0.717) is 11.3 Å². The van der Waals surface area contributed by atoms with Crippen molar-refractivity contribution in [3.63, 3.8) is 0 Å². The van der Waals surface area contributed by atoms with Crippen molar-refractivity contribution in [3.05, 3.63) is 60.2 Å². The van der Waals surface area contributed by atoms with Crippen LogP contribution in [0.2, 0.25) is 0 Å². The highest BCUT2D eigenvalue weighted by molar-refractivity contribution is 7.92. The van der Waals surface area contributed by atoms with Gasteiger partial charge in [-0.15, -0.1) is 0 Å². The molecule has 5 heteroatoms. The predicted octanol–water partition coefficient (Wildman–Crippen LogP) is 3.33. The van der Waals surface area contributed by atoms with Crippen molar-refractivity contribution in [2.24, 2.45) is 5.92 Å². The van der Waals surface area contributed by atoms with Crippen LogP contribution >= 0.6 is 0 Å². The van der Waals surface area contributed by atoms with Crippen LogP contribution in [0.3, 0.4) is 0 Å². The Morgan fingerprint density at radius 2 is 1.67 bits per heavy atom. The molecule has 2 aromatic rings. The number of ketones is 1. The maximum atomic E-state index is 12.3. The summed E-state index contributed by atoms with van der Waals surface area (Å²) in [5, 5.41) is 0. The van der Waals surface area contributed by atoms with Crippen LogP contribution in [0.25, 0.3) is 0 Å². The molecule has 4 nitrogen and oxygen atoms in total. The Hall–Kier alpha value is -2.14. The summed E-state index contributed by atoms with van der Waals surface area (Å²) >= 11 is 0. The summed E-state index contributed by atoms with van der Waals surface area (Å²) in [4.78, 5) is 12.0. The number of nitrogens with one attached hydrogen (secondary N) is 1. The van der Waals surface area contributed by atoms with Crippen LogP contribution in [0.5, 0.6) is 0 Å². The molecule has 0 aliphatic carbocycles. The van der Waals surface area contributed by atoms with Crippen molar-refractivity contribution < 1.29 is 13.2 Å². The highest BCUT2D eigenvalue weighted by Gasteiger charge is 2.17. The number of carbonyl (C=O) groups excluding carboxylic acids is 1. The Bertz CT molecular complexity index is 737. The molecular weight excluding hydrogens is 286 g/mol. The molecule has 2 rings (SSSR count). The summed E-state index contributed by atoms with van der Waals surface area (Å²) in [6.45, 7) is 3.57. The lowest BCUT2D eigenvalue weighted by atomic mass is 10.0. The average Bonchev–Trinajstić information content (AvgIpc) is 2.47. The van der Waals surface area contributed by atoms with Crippen LogP contribution in [0.4, 0.5) is 5.69 Å². The molecule has 0 saturated heterocycles. The molecule has 0 atom stereocenters. The van der Waals surface area contributed by atoms with E-state index in [2.05, 4.69) is 4.72 Å². The number of carbonyl (C=O) groups is 1. The fraction of sp³-hybridized carbons (Fsp3) is 0.188. The van der Waals surface area contributed by atoms with E-state index >= 15 is 0 Å². The molecule has 0 aromatic heterocycles. The number of Topliss-reactive ketones (excluding diaryl/α,β-unsaturated/α-hetero) is 1. The molecule has 0 heterocycles. The number of hydrogen-bond donors (Lipinski definition) is 1. The largest absolute Gasteiger partial charge is 0.294 e. The van der Waals surface area contributed by atoms with E-state index in [1.54, 1.807) is 56.3 Å². The Morgan fingerprint density at radius 1 is 1.00 bits per heavy atom. The van der Waals surface area contributed by atoms with Crippen molar-refractivity contribution in [2.75, 3.05) is 4.72 Å². The van der Waals surface area contributed by atoms with Crippen LogP contribution < -0.4 is 4.72 Å². The number of rotatable bonds is 5. The summed E-state index contributed by atoms with van der Waals surface area (Å²) in [5.41, 5.74) is 0.888. The SMILES string of the molecule is CC(C)C(=O)c1cccc(S(=O)(=O)Nc2ccccc2)c1. The molecule has 2 aromatic carbocycles. The number of sulfonamides is 1. The van der Waals surface area contributed by atoms with Crippen LogP contribution in [-0.4, -0.2) is 14.2 Å². The second-order valence-electron chi connectivity index (χ2n) is 5.02. The van der Waals surface area contributed by atoms with Gasteiger partial charge in [0.15, 0.2) is 5.78 Å². The lowest BCUT2D eigenvalue weighted by molar-refractivity contribution is 0.0939. The predicted molar refractivity (Wildman–Crippen MR) is 82.9 cm³/mol. The van der Waals surface area contributed by atoms with Crippen molar-refractivity contribution in [1.29, 1.82) is 0 Å². The molecule has 0 radical (unpaired) electrons. The number of para-hydroxylation sites is 1. The number of benzene rings is 2. The lowest BCUT2D eigenvalue weighted by Gasteiger charge is -2.10. The fourth-order valence-corrected chi connectivity index (χ4v) is 2.97. The normalized spacial score (nSPS) is 11.4. The monoisotopic (exact) mass is 303 g/mol. The third kappa shape index (κ3) is 3.70. The smallest absolute Gasteiger partial charge is 0.261 e. The van der Waals surface area contributed by atoms with Gasteiger partial charge in [-0.25, -0.2) is 8.42 Å². The Kier molecular flexibility index (Phi) is 4.43. The van der Waals surface area contributed by atoms with Gasteiger partial charge in [0.2, 0.25) is 0 Å². The number of anilines is 1. The Balaban J connectivity index is 2.33. The van der Waals surface area contributed by atoms with Crippen molar-refractivity contribution in [1.82, 2.24) is 0 Å². The molecule has 0 spiro atoms. The Morgan fingerprint density at radius 3 is 2.29 bits per heavy atom. The second-order valence-corrected chi connectivity index (χ2v) is 6.70. The zero-order valence-corrected chi connectivity index (χ0v) is 12.7. The summed E-state index contributed by atoms with van der Waals surface area (Å²) in [7, 11) is -3.70. The summed E-state index contributed by atoms with van der Waals surface area (Å²) < 4.78 is 27.1. The van der Waals surface area contributed by atoms with Gasteiger partial charge in [0.05, 0.1) is 4.90 Å². The number of hydrogen-bond acceptors (Lipinski definition) is 3. The van der Waals surface area contributed by atoms with Crippen LogP contribution in [-0.2, 0) is 10.0 Å². The van der Waals surface area contributed by atoms with Crippen molar-refractivity contribution in [3.8, 4) is 0 Å². The maximum Gasteiger partial charge on any atom is 0.261 e. The van der Waals surface area contributed by atoms with Crippen molar-refractivity contribution >= 4 is 21.5 Å². The van der Waals surface area contributed by atoms with Gasteiger partial charge < -0.3 is 0 Å². The van der Waals surface area contributed by atoms with E-state index < -0.39 is 10.0 Å². The minimum Gasteiger partial charge on any atom is -0.294 e. The molecule has 0 amide bonds. The van der Waals surface area contributed by atoms with E-state index in [0.717, 1.165) is 0 Å². The summed E-state index contributed by atoms with van der Waals surface area (Å²) in [6, 6.07) is 14.7. The lowest BCUT2D eigenvalue weighted by Crippen LogP contribution is -2.14. The molecule has 0 saturated carbocycles.